The number of hydrogen-bond donors (Lipinski definition) is 2. The van der Waals surface area contributed by atoms with Gasteiger partial charge in [-0.15, -0.1) is 0 Å². The van der Waals surface area contributed by atoms with Crippen LogP contribution in [0.4, 0.5) is 4.39 Å². The minimum atomic E-state index is -0.262. The van der Waals surface area contributed by atoms with Gasteiger partial charge in [-0.1, -0.05) is 12.1 Å². The third-order valence-corrected chi connectivity index (χ3v) is 4.56. The number of nitrogens with one attached hydrogen (secondary N) is 2. The van der Waals surface area contributed by atoms with E-state index in [9.17, 15) is 9.18 Å². The summed E-state index contributed by atoms with van der Waals surface area (Å²) < 4.78 is 19.9. The molecule has 7 heteroatoms. The molecule has 138 valence electrons. The molecule has 1 aromatic heterocycles. The average Bonchev–Trinajstić information content (AvgIpc) is 3.15. The molecule has 0 spiro atoms. The van der Waals surface area contributed by atoms with Crippen molar-refractivity contribution in [3.63, 3.8) is 0 Å². The lowest BCUT2D eigenvalue weighted by atomic mass is 10.1. The number of amides is 1. The fourth-order valence-corrected chi connectivity index (χ4v) is 3.07. The maximum atomic E-state index is 13.0. The minimum absolute atomic E-state index is 0.151. The number of rotatable bonds is 5. The number of carbonyl (C=O) groups excluding carboxylic acids is 1. The second-order valence-electron chi connectivity index (χ2n) is 6.32. The molecule has 1 atom stereocenters. The number of aromatic nitrogens is 2. The molecule has 1 amide bonds. The number of fused-ring (bicyclic) bond motifs is 1. The third-order valence-electron chi connectivity index (χ3n) is 4.56. The first kappa shape index (κ1) is 17.2. The molecule has 0 aliphatic carbocycles. The van der Waals surface area contributed by atoms with Crippen LogP contribution < -0.4 is 15.4 Å². The van der Waals surface area contributed by atoms with Gasteiger partial charge in [0.15, 0.2) is 0 Å². The van der Waals surface area contributed by atoms with Gasteiger partial charge in [-0.2, -0.15) is 5.10 Å². The molecule has 2 heterocycles. The van der Waals surface area contributed by atoms with E-state index >= 15 is 0 Å². The molecule has 2 aromatic carbocycles. The van der Waals surface area contributed by atoms with Crippen molar-refractivity contribution in [3.8, 4) is 17.0 Å². The summed E-state index contributed by atoms with van der Waals surface area (Å²) in [4.78, 5) is 12.2. The van der Waals surface area contributed by atoms with Crippen LogP contribution in [0.3, 0.4) is 0 Å². The second-order valence-corrected chi connectivity index (χ2v) is 6.32. The summed E-state index contributed by atoms with van der Waals surface area (Å²) in [6.45, 7) is 0.967. The first-order chi connectivity index (χ1) is 13.1. The summed E-state index contributed by atoms with van der Waals surface area (Å²) >= 11 is 0. The van der Waals surface area contributed by atoms with Gasteiger partial charge in [0.2, 0.25) is 0 Å². The van der Waals surface area contributed by atoms with Crippen molar-refractivity contribution < 1.29 is 13.9 Å². The maximum absolute atomic E-state index is 13.0. The van der Waals surface area contributed by atoms with Crippen LogP contribution in [-0.2, 0) is 6.54 Å². The molecular weight excluding hydrogens is 347 g/mol. The van der Waals surface area contributed by atoms with Crippen molar-refractivity contribution in [2.45, 2.75) is 12.7 Å². The Balaban J connectivity index is 1.56. The molecule has 3 aromatic rings. The zero-order chi connectivity index (χ0) is 18.8. The van der Waals surface area contributed by atoms with Gasteiger partial charge in [0.1, 0.15) is 23.4 Å². The SMILES string of the molecule is COc1ccc(-c2cc3n(n2)C(NCc2ccc(F)cc2)CNC3=O)cc1. The molecule has 0 saturated carbocycles. The minimum Gasteiger partial charge on any atom is -0.497 e. The van der Waals surface area contributed by atoms with E-state index in [1.807, 2.05) is 24.3 Å². The van der Waals surface area contributed by atoms with Crippen LogP contribution in [0.2, 0.25) is 0 Å². The van der Waals surface area contributed by atoms with Crippen LogP contribution in [0.25, 0.3) is 11.3 Å². The van der Waals surface area contributed by atoms with E-state index in [1.54, 1.807) is 30.0 Å². The fourth-order valence-electron chi connectivity index (χ4n) is 3.07. The van der Waals surface area contributed by atoms with E-state index < -0.39 is 0 Å². The number of carbonyl (C=O) groups is 1. The Hall–Kier alpha value is -3.19. The van der Waals surface area contributed by atoms with E-state index in [-0.39, 0.29) is 17.9 Å². The van der Waals surface area contributed by atoms with E-state index in [4.69, 9.17) is 4.74 Å². The average molecular weight is 366 g/mol. The first-order valence-electron chi connectivity index (χ1n) is 8.64. The number of ether oxygens (including phenoxy) is 1. The Morgan fingerprint density at radius 2 is 1.96 bits per heavy atom. The third kappa shape index (κ3) is 3.54. The number of methoxy groups -OCH3 is 1. The van der Waals surface area contributed by atoms with Crippen molar-refractivity contribution in [3.05, 3.63) is 71.7 Å². The molecule has 2 N–H and O–H groups in total. The number of hydrogen-bond acceptors (Lipinski definition) is 4. The van der Waals surface area contributed by atoms with Gasteiger partial charge in [0, 0.05) is 12.1 Å². The van der Waals surface area contributed by atoms with Gasteiger partial charge >= 0.3 is 0 Å². The van der Waals surface area contributed by atoms with Gasteiger partial charge in [0.05, 0.1) is 19.3 Å². The van der Waals surface area contributed by atoms with Crippen LogP contribution in [0.15, 0.2) is 54.6 Å². The molecule has 1 unspecified atom stereocenters. The highest BCUT2D eigenvalue weighted by Crippen LogP contribution is 2.25. The lowest BCUT2D eigenvalue weighted by molar-refractivity contribution is 0.0900. The van der Waals surface area contributed by atoms with E-state index in [0.29, 0.717) is 18.8 Å². The van der Waals surface area contributed by atoms with Crippen molar-refractivity contribution >= 4 is 5.91 Å². The summed E-state index contributed by atoms with van der Waals surface area (Å²) in [7, 11) is 1.62. The highest BCUT2D eigenvalue weighted by molar-refractivity contribution is 5.94. The Morgan fingerprint density at radius 3 is 2.67 bits per heavy atom. The lowest BCUT2D eigenvalue weighted by Crippen LogP contribution is -2.45. The molecule has 27 heavy (non-hydrogen) atoms. The Bertz CT molecular complexity index is 951. The molecule has 1 aliphatic rings. The Kier molecular flexibility index (Phi) is 4.60. The number of nitrogens with zero attached hydrogens (tertiary/aromatic N) is 2. The first-order valence-corrected chi connectivity index (χ1v) is 8.64. The molecule has 0 fully saturated rings. The summed E-state index contributed by atoms with van der Waals surface area (Å²) in [5.74, 6) is 0.351. The van der Waals surface area contributed by atoms with Gasteiger partial charge in [0.25, 0.3) is 5.91 Å². The maximum Gasteiger partial charge on any atom is 0.269 e. The van der Waals surface area contributed by atoms with E-state index in [2.05, 4.69) is 15.7 Å². The van der Waals surface area contributed by atoms with Crippen LogP contribution >= 0.6 is 0 Å². The van der Waals surface area contributed by atoms with E-state index in [1.165, 1.54) is 12.1 Å². The van der Waals surface area contributed by atoms with Gasteiger partial charge in [-0.05, 0) is 48.0 Å². The van der Waals surface area contributed by atoms with E-state index in [0.717, 1.165) is 22.6 Å². The van der Waals surface area contributed by atoms with Crippen LogP contribution in [0, 0.1) is 5.82 Å². The second kappa shape index (κ2) is 7.20. The standard InChI is InChI=1S/C20H19FN4O2/c1-27-16-8-4-14(5-9-16)17-10-18-20(26)23-12-19(25(18)24-17)22-11-13-2-6-15(21)7-3-13/h2-10,19,22H,11-12H2,1H3,(H,23,26). The zero-order valence-corrected chi connectivity index (χ0v) is 14.8. The smallest absolute Gasteiger partial charge is 0.269 e. The van der Waals surface area contributed by atoms with Gasteiger partial charge in [-0.25, -0.2) is 9.07 Å². The molecule has 4 rings (SSSR count). The largest absolute Gasteiger partial charge is 0.497 e. The molecule has 0 bridgehead atoms. The number of halogens is 1. The predicted octanol–water partition coefficient (Wildman–Crippen LogP) is 2.73. The molecule has 6 nitrogen and oxygen atoms in total. The van der Waals surface area contributed by atoms with Crippen LogP contribution in [0.5, 0.6) is 5.75 Å². The predicted molar refractivity (Wildman–Crippen MR) is 98.8 cm³/mol. The summed E-state index contributed by atoms with van der Waals surface area (Å²) in [5, 5.41) is 10.9. The molecule has 1 aliphatic heterocycles. The van der Waals surface area contributed by atoms with Crippen molar-refractivity contribution in [1.82, 2.24) is 20.4 Å². The highest BCUT2D eigenvalue weighted by Gasteiger charge is 2.27. The van der Waals surface area contributed by atoms with Crippen molar-refractivity contribution in [2.24, 2.45) is 0 Å². The quantitative estimate of drug-likeness (QED) is 0.729. The normalized spacial score (nSPS) is 15.9. The summed E-state index contributed by atoms with van der Waals surface area (Å²) in [6, 6.07) is 15.6. The lowest BCUT2D eigenvalue weighted by Gasteiger charge is -2.25. The Labute approximate surface area is 156 Å². The Morgan fingerprint density at radius 1 is 1.22 bits per heavy atom. The molecule has 0 saturated heterocycles. The monoisotopic (exact) mass is 366 g/mol. The number of benzene rings is 2. The summed E-state index contributed by atoms with van der Waals surface area (Å²) in [6.07, 6.45) is -0.185. The van der Waals surface area contributed by atoms with Gasteiger partial charge in [-0.3, -0.25) is 10.1 Å². The summed E-state index contributed by atoms with van der Waals surface area (Å²) in [5.41, 5.74) is 3.09. The topological polar surface area (TPSA) is 68.2 Å². The van der Waals surface area contributed by atoms with Crippen molar-refractivity contribution in [2.75, 3.05) is 13.7 Å². The fraction of sp³-hybridized carbons (Fsp3) is 0.200. The zero-order valence-electron chi connectivity index (χ0n) is 14.8. The molecular formula is C20H19FN4O2. The van der Waals surface area contributed by atoms with Crippen molar-refractivity contribution in [1.29, 1.82) is 0 Å². The van der Waals surface area contributed by atoms with Crippen LogP contribution in [-0.4, -0.2) is 29.3 Å². The van der Waals surface area contributed by atoms with Crippen LogP contribution in [0.1, 0.15) is 22.2 Å². The highest BCUT2D eigenvalue weighted by atomic mass is 19.1. The van der Waals surface area contributed by atoms with Gasteiger partial charge < -0.3 is 10.1 Å². The molecule has 0 radical (unpaired) electrons.